The summed E-state index contributed by atoms with van der Waals surface area (Å²) in [5.74, 6) is -3.46. The van der Waals surface area contributed by atoms with E-state index in [-0.39, 0.29) is 45.3 Å². The molecule has 0 bridgehead atoms. The molecule has 8 N–H and O–H groups in total. The van der Waals surface area contributed by atoms with Crippen molar-refractivity contribution in [3.8, 4) is 23.0 Å². The Morgan fingerprint density at radius 1 is 0.318 bits per heavy atom. The van der Waals surface area contributed by atoms with Crippen LogP contribution in [0.5, 0.6) is 23.0 Å². The minimum absolute atomic E-state index is 0.0741. The average molecular weight is 603 g/mol. The van der Waals surface area contributed by atoms with Crippen LogP contribution in [0.3, 0.4) is 0 Å². The molecule has 12 nitrogen and oxygen atoms in total. The van der Waals surface area contributed by atoms with Crippen LogP contribution in [0, 0.1) is 0 Å². The van der Waals surface area contributed by atoms with Crippen LogP contribution < -0.4 is 0 Å². The Kier molecular flexibility index (Phi) is 12.3. The van der Waals surface area contributed by atoms with E-state index in [1.807, 2.05) is 0 Å². The second-order valence-corrected chi connectivity index (χ2v) is 8.61. The lowest BCUT2D eigenvalue weighted by atomic mass is 10.1. The predicted octanol–water partition coefficient (Wildman–Crippen LogP) is 5.51. The van der Waals surface area contributed by atoms with Gasteiger partial charge in [0.15, 0.2) is 0 Å². The van der Waals surface area contributed by atoms with Crippen molar-refractivity contribution >= 4 is 34.6 Å². The van der Waals surface area contributed by atoms with Crippen molar-refractivity contribution in [1.29, 1.82) is 0 Å². The second-order valence-electron chi connectivity index (χ2n) is 8.61. The molecule has 0 atom stereocenters. The largest absolute Gasteiger partial charge is 0.508 e. The number of phenols is 4. The highest BCUT2D eigenvalue weighted by atomic mass is 16.4. The number of hydrogen-bond acceptors (Lipinski definition) is 8. The van der Waals surface area contributed by atoms with Crippen LogP contribution in [0.1, 0.15) is 41.4 Å². The Morgan fingerprint density at radius 3 is 0.932 bits per heavy atom. The molecule has 0 aliphatic carbocycles. The average Bonchev–Trinajstić information content (AvgIpc) is 2.99. The standard InChI is InChI=1S/C11H8O3.C8H6O4.C7H6O3.C6H6O2/c12-10-4-3-7-5-9(11(13)14)2-1-8(7)6-10;9-7(10)5-1-2-6(4-3-5)8(11)12;8-6-3-1-5(2-4-6)7(9)10;7-5-1-2-6(8)4-3-5/h1-6,12H,(H,13,14);1-4H,(H,9,10)(H,11,12);1-4,8H,(H,9,10);1-4,7-8H. The van der Waals surface area contributed by atoms with Gasteiger partial charge in [-0.2, -0.15) is 0 Å². The molecule has 0 heterocycles. The summed E-state index contributed by atoms with van der Waals surface area (Å²) in [5, 5.41) is 70.9. The van der Waals surface area contributed by atoms with E-state index in [4.69, 9.17) is 35.7 Å². The lowest BCUT2D eigenvalue weighted by molar-refractivity contribution is 0.0681. The maximum Gasteiger partial charge on any atom is 0.335 e. The monoisotopic (exact) mass is 602 g/mol. The van der Waals surface area contributed by atoms with Crippen molar-refractivity contribution in [2.45, 2.75) is 0 Å². The molecular weight excluding hydrogens is 576 g/mol. The number of fused-ring (bicyclic) bond motifs is 1. The molecule has 0 aliphatic heterocycles. The fourth-order valence-corrected chi connectivity index (χ4v) is 3.18. The van der Waals surface area contributed by atoms with Gasteiger partial charge in [0, 0.05) is 0 Å². The van der Waals surface area contributed by atoms with Crippen LogP contribution in [0.15, 0.2) is 109 Å². The van der Waals surface area contributed by atoms with Crippen molar-refractivity contribution in [2.75, 3.05) is 0 Å². The Morgan fingerprint density at radius 2 is 0.568 bits per heavy atom. The third kappa shape index (κ3) is 11.1. The fraction of sp³-hybridized carbons (Fsp3) is 0. The van der Waals surface area contributed by atoms with Gasteiger partial charge < -0.3 is 40.9 Å². The van der Waals surface area contributed by atoms with Crippen molar-refractivity contribution in [1.82, 2.24) is 0 Å². The van der Waals surface area contributed by atoms with Crippen molar-refractivity contribution in [2.24, 2.45) is 0 Å². The summed E-state index contributed by atoms with van der Waals surface area (Å²) < 4.78 is 0. The van der Waals surface area contributed by atoms with Gasteiger partial charge >= 0.3 is 23.9 Å². The zero-order valence-corrected chi connectivity index (χ0v) is 22.6. The third-order valence-corrected chi connectivity index (χ3v) is 5.41. The van der Waals surface area contributed by atoms with Gasteiger partial charge in [-0.15, -0.1) is 0 Å². The number of aromatic carboxylic acids is 4. The molecule has 0 saturated carbocycles. The molecule has 0 aromatic heterocycles. The van der Waals surface area contributed by atoms with Gasteiger partial charge in [0.05, 0.1) is 22.3 Å². The molecule has 5 aromatic carbocycles. The smallest absolute Gasteiger partial charge is 0.335 e. The van der Waals surface area contributed by atoms with Gasteiger partial charge in [0.2, 0.25) is 0 Å². The van der Waals surface area contributed by atoms with E-state index in [1.54, 1.807) is 24.3 Å². The van der Waals surface area contributed by atoms with E-state index < -0.39 is 23.9 Å². The summed E-state index contributed by atoms with van der Waals surface area (Å²) in [6.07, 6.45) is 0. The number of carboxylic acid groups (broad SMARTS) is 4. The number of benzene rings is 5. The van der Waals surface area contributed by atoms with Gasteiger partial charge in [-0.05, 0) is 108 Å². The van der Waals surface area contributed by atoms with Gasteiger partial charge in [-0.3, -0.25) is 0 Å². The van der Waals surface area contributed by atoms with Crippen molar-refractivity contribution in [3.63, 3.8) is 0 Å². The van der Waals surface area contributed by atoms with Crippen LogP contribution in [0.25, 0.3) is 10.8 Å². The van der Waals surface area contributed by atoms with Crippen LogP contribution in [0.2, 0.25) is 0 Å². The third-order valence-electron chi connectivity index (χ3n) is 5.41. The number of aromatic hydroxyl groups is 4. The first kappa shape index (κ1) is 33.6. The number of phenolic OH excluding ortho intramolecular Hbond substituents is 4. The Balaban J connectivity index is 0.000000209. The lowest BCUT2D eigenvalue weighted by Gasteiger charge is -2.00. The maximum absolute atomic E-state index is 10.7. The molecule has 0 radical (unpaired) electrons. The highest BCUT2D eigenvalue weighted by Crippen LogP contribution is 2.21. The van der Waals surface area contributed by atoms with Crippen molar-refractivity contribution in [3.05, 3.63) is 131 Å². The maximum atomic E-state index is 10.7. The summed E-state index contributed by atoms with van der Waals surface area (Å²) >= 11 is 0. The molecule has 0 amide bonds. The lowest BCUT2D eigenvalue weighted by Crippen LogP contribution is -1.99. The first-order valence-corrected chi connectivity index (χ1v) is 12.3. The minimum Gasteiger partial charge on any atom is -0.508 e. The molecule has 5 rings (SSSR count). The van der Waals surface area contributed by atoms with E-state index in [2.05, 4.69) is 0 Å². The Labute approximate surface area is 249 Å². The highest BCUT2D eigenvalue weighted by Gasteiger charge is 2.05. The second kappa shape index (κ2) is 16.0. The summed E-state index contributed by atoms with van der Waals surface area (Å²) in [6.45, 7) is 0. The fourth-order valence-electron chi connectivity index (χ4n) is 3.18. The van der Waals surface area contributed by atoms with E-state index in [0.717, 1.165) is 10.8 Å². The number of hydrogen-bond donors (Lipinski definition) is 8. The van der Waals surface area contributed by atoms with Gasteiger partial charge in [-0.25, -0.2) is 19.2 Å². The Bertz CT molecular complexity index is 1670. The zero-order chi connectivity index (χ0) is 32.8. The quantitative estimate of drug-likeness (QED) is 0.119. The van der Waals surface area contributed by atoms with E-state index in [1.165, 1.54) is 84.9 Å². The molecule has 0 spiro atoms. The molecule has 0 saturated heterocycles. The molecule has 5 aromatic rings. The molecule has 0 fully saturated rings. The first-order chi connectivity index (χ1) is 20.8. The van der Waals surface area contributed by atoms with Crippen LogP contribution in [-0.4, -0.2) is 64.7 Å². The Hall–Kier alpha value is -6.56. The van der Waals surface area contributed by atoms with Gasteiger partial charge in [0.25, 0.3) is 0 Å². The normalized spacial score (nSPS) is 9.55. The van der Waals surface area contributed by atoms with Crippen LogP contribution >= 0.6 is 0 Å². The summed E-state index contributed by atoms with van der Waals surface area (Å²) in [6, 6.07) is 25.7. The predicted molar refractivity (Wildman–Crippen MR) is 158 cm³/mol. The molecule has 0 aliphatic rings. The molecule has 44 heavy (non-hydrogen) atoms. The molecular formula is C32H26O12. The number of rotatable bonds is 4. The SMILES string of the molecule is O=C(O)c1ccc(C(=O)O)cc1.O=C(O)c1ccc(O)cc1.O=C(O)c1ccc2cc(O)ccc2c1.Oc1ccc(O)cc1. The summed E-state index contributed by atoms with van der Waals surface area (Å²) in [7, 11) is 0. The number of carboxylic acids is 4. The molecule has 226 valence electrons. The minimum atomic E-state index is -1.06. The van der Waals surface area contributed by atoms with E-state index in [9.17, 15) is 24.3 Å². The zero-order valence-electron chi connectivity index (χ0n) is 22.6. The topological polar surface area (TPSA) is 230 Å². The molecule has 0 unspecified atom stereocenters. The number of carbonyl (C=O) groups is 4. The first-order valence-electron chi connectivity index (χ1n) is 12.3. The van der Waals surface area contributed by atoms with Gasteiger partial charge in [-0.1, -0.05) is 12.1 Å². The van der Waals surface area contributed by atoms with Gasteiger partial charge in [0.1, 0.15) is 23.0 Å². The van der Waals surface area contributed by atoms with Crippen LogP contribution in [0.4, 0.5) is 0 Å². The highest BCUT2D eigenvalue weighted by molar-refractivity contribution is 5.95. The van der Waals surface area contributed by atoms with E-state index >= 15 is 0 Å². The van der Waals surface area contributed by atoms with Crippen LogP contribution in [-0.2, 0) is 0 Å². The molecule has 12 heteroatoms. The summed E-state index contributed by atoms with van der Waals surface area (Å²) in [4.78, 5) is 41.6. The van der Waals surface area contributed by atoms with Crippen molar-refractivity contribution < 1.29 is 60.0 Å². The van der Waals surface area contributed by atoms with E-state index in [0.29, 0.717) is 0 Å². The summed E-state index contributed by atoms with van der Waals surface area (Å²) in [5.41, 5.74) is 0.598.